The number of ether oxygens (including phenoxy) is 2. The molecule has 0 atom stereocenters. The van der Waals surface area contributed by atoms with Crippen LogP contribution in [-0.4, -0.2) is 34.9 Å². The van der Waals surface area contributed by atoms with E-state index in [1.165, 1.54) is 0 Å². The zero-order valence-electron chi connectivity index (χ0n) is 15.9. The van der Waals surface area contributed by atoms with Gasteiger partial charge in [-0.25, -0.2) is 9.78 Å². The van der Waals surface area contributed by atoms with Crippen molar-refractivity contribution in [3.05, 3.63) is 58.5 Å². The molecule has 27 heavy (non-hydrogen) atoms. The highest BCUT2D eigenvalue weighted by atomic mass is 16.5. The van der Waals surface area contributed by atoms with Crippen molar-refractivity contribution >= 4 is 22.7 Å². The SMILES string of the molecule is CCOC(=O)c1c(C)[nH]c(C)c1C(=O)COc1cccc2ccc(C)nc12. The predicted octanol–water partition coefficient (Wildman–Crippen LogP) is 3.93. The third-order valence-corrected chi connectivity index (χ3v) is 4.31. The van der Waals surface area contributed by atoms with Crippen molar-refractivity contribution in [3.63, 3.8) is 0 Å². The molecule has 0 aliphatic carbocycles. The van der Waals surface area contributed by atoms with Gasteiger partial charge in [0.05, 0.1) is 17.7 Å². The van der Waals surface area contributed by atoms with Crippen molar-refractivity contribution < 1.29 is 19.1 Å². The van der Waals surface area contributed by atoms with Gasteiger partial charge in [-0.3, -0.25) is 4.79 Å². The maximum atomic E-state index is 12.8. The van der Waals surface area contributed by atoms with Crippen LogP contribution in [0.3, 0.4) is 0 Å². The number of carbonyl (C=O) groups is 2. The molecule has 0 aliphatic heterocycles. The van der Waals surface area contributed by atoms with E-state index in [9.17, 15) is 9.59 Å². The molecular weight excluding hydrogens is 344 g/mol. The number of fused-ring (bicyclic) bond motifs is 1. The van der Waals surface area contributed by atoms with E-state index in [0.29, 0.717) is 28.2 Å². The Balaban J connectivity index is 1.87. The van der Waals surface area contributed by atoms with Gasteiger partial charge in [-0.15, -0.1) is 0 Å². The monoisotopic (exact) mass is 366 g/mol. The molecule has 2 aromatic heterocycles. The van der Waals surface area contributed by atoms with Gasteiger partial charge in [0.2, 0.25) is 5.78 Å². The number of hydrogen-bond donors (Lipinski definition) is 1. The summed E-state index contributed by atoms with van der Waals surface area (Å²) >= 11 is 0. The third kappa shape index (κ3) is 3.69. The summed E-state index contributed by atoms with van der Waals surface area (Å²) in [4.78, 5) is 32.6. The number of rotatable bonds is 6. The lowest BCUT2D eigenvalue weighted by Gasteiger charge is -2.10. The quantitative estimate of drug-likeness (QED) is 0.528. The van der Waals surface area contributed by atoms with Crippen molar-refractivity contribution in [1.29, 1.82) is 0 Å². The lowest BCUT2D eigenvalue weighted by Crippen LogP contribution is -2.17. The number of aromatic amines is 1. The predicted molar refractivity (Wildman–Crippen MR) is 103 cm³/mol. The van der Waals surface area contributed by atoms with Crippen LogP contribution < -0.4 is 4.74 Å². The minimum atomic E-state index is -0.509. The molecule has 6 heteroatoms. The summed E-state index contributed by atoms with van der Waals surface area (Å²) in [7, 11) is 0. The van der Waals surface area contributed by atoms with Crippen LogP contribution >= 0.6 is 0 Å². The number of nitrogens with one attached hydrogen (secondary N) is 1. The summed E-state index contributed by atoms with van der Waals surface area (Å²) in [6, 6.07) is 9.47. The van der Waals surface area contributed by atoms with E-state index >= 15 is 0 Å². The second-order valence-corrected chi connectivity index (χ2v) is 6.34. The normalized spacial score (nSPS) is 10.8. The van der Waals surface area contributed by atoms with Gasteiger partial charge < -0.3 is 14.5 Å². The summed E-state index contributed by atoms with van der Waals surface area (Å²) in [6.45, 7) is 7.18. The van der Waals surface area contributed by atoms with Crippen LogP contribution in [0.15, 0.2) is 30.3 Å². The van der Waals surface area contributed by atoms with Crippen LogP contribution in [-0.2, 0) is 4.74 Å². The molecular formula is C21H22N2O4. The Morgan fingerprint density at radius 1 is 1.04 bits per heavy atom. The molecule has 0 spiro atoms. The van der Waals surface area contributed by atoms with Crippen molar-refractivity contribution in [2.45, 2.75) is 27.7 Å². The Morgan fingerprint density at radius 2 is 1.78 bits per heavy atom. The largest absolute Gasteiger partial charge is 0.483 e. The maximum absolute atomic E-state index is 12.8. The molecule has 0 saturated heterocycles. The number of H-pyrrole nitrogens is 1. The lowest BCUT2D eigenvalue weighted by molar-refractivity contribution is 0.0522. The fourth-order valence-electron chi connectivity index (χ4n) is 3.14. The van der Waals surface area contributed by atoms with Gasteiger partial charge in [0.1, 0.15) is 11.3 Å². The van der Waals surface area contributed by atoms with E-state index < -0.39 is 5.97 Å². The molecule has 0 aliphatic rings. The van der Waals surface area contributed by atoms with E-state index in [4.69, 9.17) is 9.47 Å². The van der Waals surface area contributed by atoms with Gasteiger partial charge in [0.15, 0.2) is 6.61 Å². The first-order valence-electron chi connectivity index (χ1n) is 8.81. The summed E-state index contributed by atoms with van der Waals surface area (Å²) in [5, 5.41) is 0.937. The highest BCUT2D eigenvalue weighted by Crippen LogP contribution is 2.25. The number of nitrogens with zero attached hydrogens (tertiary/aromatic N) is 1. The third-order valence-electron chi connectivity index (χ3n) is 4.31. The Labute approximate surface area is 157 Å². The number of hydrogen-bond acceptors (Lipinski definition) is 5. The van der Waals surface area contributed by atoms with Gasteiger partial charge in [-0.1, -0.05) is 18.2 Å². The first-order chi connectivity index (χ1) is 12.9. The lowest BCUT2D eigenvalue weighted by atomic mass is 10.1. The van der Waals surface area contributed by atoms with E-state index in [1.807, 2.05) is 31.2 Å². The molecule has 0 radical (unpaired) electrons. The van der Waals surface area contributed by atoms with E-state index in [-0.39, 0.29) is 24.6 Å². The molecule has 6 nitrogen and oxygen atoms in total. The average Bonchev–Trinajstić information content (AvgIpc) is 2.94. The molecule has 0 saturated carbocycles. The number of Topliss-reactive ketones (excluding diaryl/α,β-unsaturated/α-hetero) is 1. The van der Waals surface area contributed by atoms with Crippen LogP contribution in [0.4, 0.5) is 0 Å². The van der Waals surface area contributed by atoms with E-state index in [0.717, 1.165) is 11.1 Å². The number of carbonyl (C=O) groups excluding carboxylic acids is 2. The Hall–Kier alpha value is -3.15. The Bertz CT molecular complexity index is 1020. The number of aryl methyl sites for hydroxylation is 3. The zero-order valence-corrected chi connectivity index (χ0v) is 15.9. The molecule has 140 valence electrons. The fourth-order valence-corrected chi connectivity index (χ4v) is 3.14. The summed E-state index contributed by atoms with van der Waals surface area (Å²) in [5.74, 6) is -0.262. The van der Waals surface area contributed by atoms with E-state index in [1.54, 1.807) is 26.8 Å². The first kappa shape index (κ1) is 18.6. The van der Waals surface area contributed by atoms with Crippen molar-refractivity contribution in [1.82, 2.24) is 9.97 Å². The fraction of sp³-hybridized carbons (Fsp3) is 0.286. The Morgan fingerprint density at radius 3 is 2.52 bits per heavy atom. The van der Waals surface area contributed by atoms with Crippen LogP contribution in [0.25, 0.3) is 10.9 Å². The number of pyridine rings is 1. The Kier molecular flexibility index (Phi) is 5.26. The summed E-state index contributed by atoms with van der Waals surface area (Å²) in [5.41, 5.74) is 3.39. The average molecular weight is 366 g/mol. The highest BCUT2D eigenvalue weighted by Gasteiger charge is 2.25. The first-order valence-corrected chi connectivity index (χ1v) is 8.81. The van der Waals surface area contributed by atoms with Gasteiger partial charge in [0, 0.05) is 22.5 Å². The number of para-hydroxylation sites is 1. The number of aromatic nitrogens is 2. The van der Waals surface area contributed by atoms with Crippen LogP contribution in [0.2, 0.25) is 0 Å². The van der Waals surface area contributed by atoms with Crippen molar-refractivity contribution in [2.75, 3.05) is 13.2 Å². The number of ketones is 1. The minimum absolute atomic E-state index is 0.195. The van der Waals surface area contributed by atoms with Gasteiger partial charge >= 0.3 is 5.97 Å². The molecule has 0 unspecified atom stereocenters. The number of esters is 1. The molecule has 1 N–H and O–H groups in total. The standard InChI is InChI=1S/C21H22N2O4/c1-5-26-21(25)19-14(4)23-13(3)18(19)16(24)11-27-17-8-6-7-15-10-9-12(2)22-20(15)17/h6-10,23H,5,11H2,1-4H3. The van der Waals surface area contributed by atoms with Gasteiger partial charge in [-0.2, -0.15) is 0 Å². The molecule has 3 aromatic rings. The summed E-state index contributed by atoms with van der Waals surface area (Å²) in [6.07, 6.45) is 0. The highest BCUT2D eigenvalue weighted by molar-refractivity contribution is 6.08. The second-order valence-electron chi connectivity index (χ2n) is 6.34. The van der Waals surface area contributed by atoms with E-state index in [2.05, 4.69) is 9.97 Å². The molecule has 0 amide bonds. The zero-order chi connectivity index (χ0) is 19.6. The molecule has 3 rings (SSSR count). The smallest absolute Gasteiger partial charge is 0.340 e. The topological polar surface area (TPSA) is 81.3 Å². The summed E-state index contributed by atoms with van der Waals surface area (Å²) < 4.78 is 10.9. The second kappa shape index (κ2) is 7.61. The van der Waals surface area contributed by atoms with Crippen molar-refractivity contribution in [2.24, 2.45) is 0 Å². The van der Waals surface area contributed by atoms with Gasteiger partial charge in [-0.05, 0) is 39.8 Å². The maximum Gasteiger partial charge on any atom is 0.340 e. The van der Waals surface area contributed by atoms with Crippen LogP contribution in [0.1, 0.15) is 44.7 Å². The van der Waals surface area contributed by atoms with Crippen molar-refractivity contribution in [3.8, 4) is 5.75 Å². The van der Waals surface area contributed by atoms with Crippen LogP contribution in [0, 0.1) is 20.8 Å². The molecule has 1 aromatic carbocycles. The molecule has 0 bridgehead atoms. The van der Waals surface area contributed by atoms with Crippen LogP contribution in [0.5, 0.6) is 5.75 Å². The number of benzene rings is 1. The molecule has 2 heterocycles. The minimum Gasteiger partial charge on any atom is -0.483 e. The molecule has 0 fully saturated rings. The van der Waals surface area contributed by atoms with Gasteiger partial charge in [0.25, 0.3) is 0 Å².